The number of anilines is 1. The number of benzene rings is 3. The Morgan fingerprint density at radius 1 is 1.10 bits per heavy atom. The van der Waals surface area contributed by atoms with Gasteiger partial charge < -0.3 is 24.1 Å². The number of phenolic OH excluding ortho intramolecular Hbond substituents is 1. The molecule has 39 heavy (non-hydrogen) atoms. The molecule has 3 aromatic carbocycles. The lowest BCUT2D eigenvalue weighted by Gasteiger charge is -2.24. The Kier molecular flexibility index (Phi) is 5.96. The standard InChI is InChI=1S/C29H22N2O7S/c1-3-37-21-13-16(8-11-19(21)32)25-24(26(33)22-12-15-6-4-5-7-20(15)38-22)27(34)28(35)31(25)29-30-18-10-9-17(36-2)14-23(18)39-29/h4-14,25,32,34H,3H2,1-2H3. The highest BCUT2D eigenvalue weighted by Gasteiger charge is 2.47. The molecule has 0 saturated carbocycles. The van der Waals surface area contributed by atoms with E-state index < -0.39 is 23.5 Å². The van der Waals surface area contributed by atoms with Crippen molar-refractivity contribution in [2.45, 2.75) is 13.0 Å². The second kappa shape index (κ2) is 9.48. The van der Waals surface area contributed by atoms with Crippen LogP contribution in [0.5, 0.6) is 17.2 Å². The Balaban J connectivity index is 1.52. The molecule has 196 valence electrons. The fourth-order valence-electron chi connectivity index (χ4n) is 4.67. The zero-order valence-corrected chi connectivity index (χ0v) is 21.7. The number of fused-ring (bicyclic) bond motifs is 2. The number of hydrogen-bond acceptors (Lipinski definition) is 9. The molecule has 0 radical (unpaired) electrons. The molecule has 0 saturated heterocycles. The first kappa shape index (κ1) is 24.5. The molecular formula is C29H22N2O7S. The summed E-state index contributed by atoms with van der Waals surface area (Å²) in [4.78, 5) is 33.3. The van der Waals surface area contributed by atoms with E-state index in [4.69, 9.17) is 13.9 Å². The zero-order valence-electron chi connectivity index (χ0n) is 20.9. The van der Waals surface area contributed by atoms with E-state index >= 15 is 0 Å². The minimum Gasteiger partial charge on any atom is -0.504 e. The molecule has 0 spiro atoms. The molecule has 3 heterocycles. The summed E-state index contributed by atoms with van der Waals surface area (Å²) in [5.74, 6) is -1.43. The van der Waals surface area contributed by atoms with Crippen LogP contribution in [0, 0.1) is 0 Å². The van der Waals surface area contributed by atoms with Gasteiger partial charge in [0.2, 0.25) is 5.78 Å². The van der Waals surface area contributed by atoms with Crippen molar-refractivity contribution in [3.8, 4) is 17.2 Å². The Labute approximate surface area is 226 Å². The average molecular weight is 543 g/mol. The lowest BCUT2D eigenvalue weighted by atomic mass is 9.95. The van der Waals surface area contributed by atoms with Gasteiger partial charge in [0.1, 0.15) is 11.3 Å². The van der Waals surface area contributed by atoms with Gasteiger partial charge in [-0.1, -0.05) is 35.6 Å². The van der Waals surface area contributed by atoms with Crippen LogP contribution in [0.2, 0.25) is 0 Å². The molecule has 0 aliphatic carbocycles. The number of amides is 1. The molecule has 1 aliphatic rings. The van der Waals surface area contributed by atoms with Crippen molar-refractivity contribution in [1.29, 1.82) is 0 Å². The summed E-state index contributed by atoms with van der Waals surface area (Å²) < 4.78 is 17.4. The van der Waals surface area contributed by atoms with Crippen LogP contribution in [0.25, 0.3) is 21.2 Å². The maximum Gasteiger partial charge on any atom is 0.296 e. The summed E-state index contributed by atoms with van der Waals surface area (Å²) in [5, 5.41) is 22.4. The van der Waals surface area contributed by atoms with E-state index in [1.54, 1.807) is 68.6 Å². The van der Waals surface area contributed by atoms with Crippen LogP contribution in [0.1, 0.15) is 29.1 Å². The quantitative estimate of drug-likeness (QED) is 0.242. The predicted molar refractivity (Wildman–Crippen MR) is 146 cm³/mol. The number of ether oxygens (including phenoxy) is 2. The number of thiazole rings is 1. The zero-order chi connectivity index (χ0) is 27.3. The van der Waals surface area contributed by atoms with Crippen molar-refractivity contribution in [2.75, 3.05) is 18.6 Å². The fourth-order valence-corrected chi connectivity index (χ4v) is 5.69. The number of aromatic hydroxyl groups is 1. The Hall–Kier alpha value is -4.83. The molecule has 2 aromatic heterocycles. The number of phenols is 1. The van der Waals surface area contributed by atoms with Crippen LogP contribution in [0.15, 0.2) is 82.5 Å². The summed E-state index contributed by atoms with van der Waals surface area (Å²) in [6.07, 6.45) is 0. The minimum absolute atomic E-state index is 0.0183. The molecule has 2 N–H and O–H groups in total. The first-order chi connectivity index (χ1) is 18.9. The third-order valence-corrected chi connectivity index (χ3v) is 7.51. The van der Waals surface area contributed by atoms with Gasteiger partial charge in [0.25, 0.3) is 5.91 Å². The first-order valence-corrected chi connectivity index (χ1v) is 12.9. The van der Waals surface area contributed by atoms with E-state index in [0.29, 0.717) is 27.8 Å². The van der Waals surface area contributed by atoms with E-state index in [1.165, 1.54) is 22.3 Å². The second-order valence-corrected chi connectivity index (χ2v) is 9.82. The molecule has 9 nitrogen and oxygen atoms in total. The second-order valence-electron chi connectivity index (χ2n) is 8.81. The predicted octanol–water partition coefficient (Wildman–Crippen LogP) is 5.94. The largest absolute Gasteiger partial charge is 0.504 e. The van der Waals surface area contributed by atoms with Crippen LogP contribution in [0.3, 0.4) is 0 Å². The van der Waals surface area contributed by atoms with Crippen molar-refractivity contribution in [2.24, 2.45) is 0 Å². The van der Waals surface area contributed by atoms with Crippen LogP contribution in [0.4, 0.5) is 5.13 Å². The average Bonchev–Trinajstić information content (AvgIpc) is 3.63. The van der Waals surface area contributed by atoms with Crippen molar-refractivity contribution in [3.05, 3.63) is 89.4 Å². The van der Waals surface area contributed by atoms with E-state index in [-0.39, 0.29) is 34.6 Å². The number of aliphatic hydroxyl groups excluding tert-OH is 1. The topological polar surface area (TPSA) is 122 Å². The number of methoxy groups -OCH3 is 1. The van der Waals surface area contributed by atoms with Gasteiger partial charge in [-0.05, 0) is 55.0 Å². The molecule has 1 amide bonds. The number of hydrogen-bond donors (Lipinski definition) is 2. The highest BCUT2D eigenvalue weighted by Crippen LogP contribution is 2.46. The molecule has 1 atom stereocenters. The third kappa shape index (κ3) is 4.05. The number of ketones is 1. The summed E-state index contributed by atoms with van der Waals surface area (Å²) in [6, 6.07) is 17.5. The van der Waals surface area contributed by atoms with E-state index in [9.17, 15) is 19.8 Å². The highest BCUT2D eigenvalue weighted by molar-refractivity contribution is 7.22. The third-order valence-electron chi connectivity index (χ3n) is 6.49. The Bertz CT molecular complexity index is 1770. The van der Waals surface area contributed by atoms with Crippen molar-refractivity contribution in [1.82, 2.24) is 4.98 Å². The van der Waals surface area contributed by atoms with Crippen molar-refractivity contribution >= 4 is 49.3 Å². The molecule has 6 rings (SSSR count). The van der Waals surface area contributed by atoms with E-state index in [1.807, 2.05) is 6.07 Å². The number of Topliss-reactive ketones (excluding diaryl/α,β-unsaturated/α-hetero) is 1. The van der Waals surface area contributed by atoms with E-state index in [0.717, 1.165) is 4.70 Å². The smallest absolute Gasteiger partial charge is 0.296 e. The normalized spacial score (nSPS) is 15.5. The summed E-state index contributed by atoms with van der Waals surface area (Å²) in [7, 11) is 1.56. The maximum atomic E-state index is 13.9. The van der Waals surface area contributed by atoms with Crippen LogP contribution >= 0.6 is 11.3 Å². The lowest BCUT2D eigenvalue weighted by Crippen LogP contribution is -2.31. The molecule has 10 heteroatoms. The van der Waals surface area contributed by atoms with Crippen LogP contribution in [-0.2, 0) is 4.79 Å². The van der Waals surface area contributed by atoms with Crippen LogP contribution in [-0.4, -0.2) is 40.6 Å². The van der Waals surface area contributed by atoms with Gasteiger partial charge in [0.15, 0.2) is 28.1 Å². The lowest BCUT2D eigenvalue weighted by molar-refractivity contribution is -0.117. The number of rotatable bonds is 7. The number of aliphatic hydroxyl groups is 1. The Morgan fingerprint density at radius 3 is 2.69 bits per heavy atom. The molecule has 5 aromatic rings. The first-order valence-electron chi connectivity index (χ1n) is 12.1. The number of para-hydroxylation sites is 1. The number of carbonyl (C=O) groups is 2. The van der Waals surface area contributed by atoms with Gasteiger partial charge in [0.05, 0.1) is 35.5 Å². The van der Waals surface area contributed by atoms with Gasteiger partial charge in [-0.2, -0.15) is 0 Å². The van der Waals surface area contributed by atoms with Gasteiger partial charge >= 0.3 is 0 Å². The number of carbonyl (C=O) groups excluding carboxylic acids is 2. The molecule has 0 fully saturated rings. The molecular weight excluding hydrogens is 520 g/mol. The van der Waals surface area contributed by atoms with Gasteiger partial charge in [-0.15, -0.1) is 0 Å². The van der Waals surface area contributed by atoms with Gasteiger partial charge in [-0.3, -0.25) is 14.5 Å². The summed E-state index contributed by atoms with van der Waals surface area (Å²) >= 11 is 1.22. The summed E-state index contributed by atoms with van der Waals surface area (Å²) in [5.41, 5.74) is 1.40. The van der Waals surface area contributed by atoms with Gasteiger partial charge in [-0.25, -0.2) is 4.98 Å². The van der Waals surface area contributed by atoms with Crippen LogP contribution < -0.4 is 14.4 Å². The number of aromatic nitrogens is 1. The van der Waals surface area contributed by atoms with E-state index in [2.05, 4.69) is 4.98 Å². The SMILES string of the molecule is CCOc1cc(C2C(C(=O)c3cc4ccccc4o3)=C(O)C(=O)N2c2nc3ccc(OC)cc3s2)ccc1O. The number of nitrogens with zero attached hydrogens (tertiary/aromatic N) is 2. The molecule has 1 unspecified atom stereocenters. The number of furan rings is 1. The fraction of sp³-hybridized carbons (Fsp3) is 0.138. The molecule has 0 bridgehead atoms. The van der Waals surface area contributed by atoms with Gasteiger partial charge in [0, 0.05) is 5.39 Å². The summed E-state index contributed by atoms with van der Waals surface area (Å²) in [6.45, 7) is 2.06. The van der Waals surface area contributed by atoms with Crippen molar-refractivity contribution in [3.63, 3.8) is 0 Å². The van der Waals surface area contributed by atoms with Crippen molar-refractivity contribution < 1.29 is 33.7 Å². The molecule has 1 aliphatic heterocycles. The maximum absolute atomic E-state index is 13.9. The monoisotopic (exact) mass is 542 g/mol. The minimum atomic E-state index is -1.07. The highest BCUT2D eigenvalue weighted by atomic mass is 32.1. The Morgan fingerprint density at radius 2 is 1.92 bits per heavy atom.